The fourth-order valence-electron chi connectivity index (χ4n) is 13.8. The van der Waals surface area contributed by atoms with E-state index >= 15 is 0 Å². The van der Waals surface area contributed by atoms with Gasteiger partial charge < -0.3 is 9.80 Å². The maximum Gasteiger partial charge on any atom is 0.0465 e. The Balaban J connectivity index is 0.747. The zero-order valence-corrected chi connectivity index (χ0v) is 48.7. The van der Waals surface area contributed by atoms with Crippen LogP contribution in [0.1, 0.15) is 132 Å². The first-order chi connectivity index (χ1) is 39.1. The van der Waals surface area contributed by atoms with Crippen LogP contribution in [0.4, 0.5) is 34.1 Å². The van der Waals surface area contributed by atoms with E-state index in [-0.39, 0.29) is 16.2 Å². The minimum absolute atomic E-state index is 0.0637. The third kappa shape index (κ3) is 8.79. The van der Waals surface area contributed by atoms with Gasteiger partial charge in [-0.15, -0.1) is 0 Å². The van der Waals surface area contributed by atoms with Crippen LogP contribution >= 0.6 is 0 Å². The van der Waals surface area contributed by atoms with E-state index in [0.717, 1.165) is 35.6 Å². The molecule has 3 aliphatic rings. The molecule has 0 amide bonds. The normalized spacial score (nSPS) is 14.6. The number of aryl methyl sites for hydroxylation is 4. The largest absolute Gasteiger partial charge is 0.310 e. The van der Waals surface area contributed by atoms with Gasteiger partial charge in [0, 0.05) is 50.4 Å². The van der Waals surface area contributed by atoms with Crippen LogP contribution in [-0.2, 0) is 16.2 Å². The molecular weight excluding hydrogens is 977 g/mol. The van der Waals surface area contributed by atoms with Gasteiger partial charge in [-0.3, -0.25) is 0 Å². The molecule has 10 aromatic carbocycles. The first kappa shape index (κ1) is 51.7. The fourth-order valence-corrected chi connectivity index (χ4v) is 13.8. The van der Waals surface area contributed by atoms with Crippen molar-refractivity contribution in [3.63, 3.8) is 0 Å². The molecule has 0 saturated heterocycles. The van der Waals surface area contributed by atoms with Crippen molar-refractivity contribution >= 4 is 58.4 Å². The SMILES string of the molecule is CCC1(CC)c2cc(C=Cc3ccc4c(c3)C(C)(C)c3cc(N(c5ccc(C)cc5)c5ccc(C)cc5)ccc3-4)ccc2-c2ccc(C=Cc3ccc4c(c3)C(C)(C)c3cc(N(c5ccc(C)cc5)c5ccc(C)cc5)ccc3-4)cc21. The lowest BCUT2D eigenvalue weighted by molar-refractivity contribution is 0.490. The van der Waals surface area contributed by atoms with Gasteiger partial charge in [-0.1, -0.05) is 222 Å². The zero-order chi connectivity index (χ0) is 56.0. The van der Waals surface area contributed by atoms with Crippen molar-refractivity contribution in [2.45, 2.75) is 98.3 Å². The molecule has 81 heavy (non-hydrogen) atoms. The summed E-state index contributed by atoms with van der Waals surface area (Å²) < 4.78 is 0. The second kappa shape index (κ2) is 19.8. The Morgan fingerprint density at radius 1 is 0.272 bits per heavy atom. The van der Waals surface area contributed by atoms with Crippen LogP contribution < -0.4 is 9.80 Å². The van der Waals surface area contributed by atoms with Crippen LogP contribution in [0.2, 0.25) is 0 Å². The molecule has 13 rings (SSSR count). The predicted molar refractivity (Wildman–Crippen MR) is 347 cm³/mol. The summed E-state index contributed by atoms with van der Waals surface area (Å²) >= 11 is 0. The second-order valence-electron chi connectivity index (χ2n) is 24.4. The van der Waals surface area contributed by atoms with E-state index in [0.29, 0.717) is 0 Å². The fraction of sp³-hybridized carbons (Fsp3) is 0.190. The number of nitrogens with zero attached hydrogens (tertiary/aromatic N) is 2. The molecule has 10 aromatic rings. The van der Waals surface area contributed by atoms with Crippen LogP contribution in [-0.4, -0.2) is 0 Å². The monoisotopic (exact) mass is 1050 g/mol. The Hall–Kier alpha value is -8.72. The Morgan fingerprint density at radius 3 is 0.765 bits per heavy atom. The van der Waals surface area contributed by atoms with E-state index in [1.54, 1.807) is 0 Å². The van der Waals surface area contributed by atoms with Gasteiger partial charge in [0.1, 0.15) is 0 Å². The Bertz CT molecular complexity index is 3780. The maximum atomic E-state index is 2.48. The Kier molecular flexibility index (Phi) is 12.7. The van der Waals surface area contributed by atoms with E-state index in [1.165, 1.54) is 123 Å². The van der Waals surface area contributed by atoms with Crippen LogP contribution in [0.5, 0.6) is 0 Å². The summed E-state index contributed by atoms with van der Waals surface area (Å²) in [5, 5.41) is 0. The molecule has 0 saturated carbocycles. The summed E-state index contributed by atoms with van der Waals surface area (Å²) in [7, 11) is 0. The predicted octanol–water partition coefficient (Wildman–Crippen LogP) is 21.9. The molecule has 0 spiro atoms. The standard InChI is InChI=1S/C79H72N2/c1-11-79(12-2)75-47-57(23-21-55-25-39-65-67-43-37-63(49-73(67)77(7,8)71(65)45-55)80(59-29-13-51(3)14-30-59)60-31-15-52(4)16-32-60)27-41-69(75)70-42-28-58(48-76(70)79)24-22-56-26-40-66-68-44-38-64(50-74(68)78(9,10)72(66)46-56)81(61-33-17-53(5)18-34-61)62-35-19-54(6)20-36-62/h13-50H,11-12H2,1-10H3. The average molecular weight is 1050 g/mol. The number of hydrogen-bond donors (Lipinski definition) is 0. The summed E-state index contributed by atoms with van der Waals surface area (Å²) in [4.78, 5) is 4.78. The van der Waals surface area contributed by atoms with Gasteiger partial charge in [0.05, 0.1) is 0 Å². The summed E-state index contributed by atoms with van der Waals surface area (Å²) in [6, 6.07) is 78.1. The van der Waals surface area contributed by atoms with Crippen molar-refractivity contribution in [1.82, 2.24) is 0 Å². The van der Waals surface area contributed by atoms with E-state index in [2.05, 4.69) is 310 Å². The molecule has 0 fully saturated rings. The molecule has 0 bridgehead atoms. The third-order valence-corrected chi connectivity index (χ3v) is 18.6. The number of rotatable bonds is 12. The first-order valence-electron chi connectivity index (χ1n) is 29.2. The second-order valence-corrected chi connectivity index (χ2v) is 24.4. The minimum Gasteiger partial charge on any atom is -0.310 e. The van der Waals surface area contributed by atoms with Crippen molar-refractivity contribution in [1.29, 1.82) is 0 Å². The van der Waals surface area contributed by atoms with Gasteiger partial charge in [0.15, 0.2) is 0 Å². The Morgan fingerprint density at radius 2 is 0.494 bits per heavy atom. The number of hydrogen-bond acceptors (Lipinski definition) is 2. The van der Waals surface area contributed by atoms with Gasteiger partial charge in [-0.05, 0) is 202 Å². The molecular formula is C79H72N2. The molecule has 0 N–H and O–H groups in total. The smallest absolute Gasteiger partial charge is 0.0465 e. The van der Waals surface area contributed by atoms with Gasteiger partial charge in [0.25, 0.3) is 0 Å². The lowest BCUT2D eigenvalue weighted by atomic mass is 9.73. The van der Waals surface area contributed by atoms with Gasteiger partial charge in [-0.25, -0.2) is 0 Å². The van der Waals surface area contributed by atoms with Gasteiger partial charge >= 0.3 is 0 Å². The molecule has 0 heterocycles. The van der Waals surface area contributed by atoms with Crippen molar-refractivity contribution in [3.8, 4) is 33.4 Å². The molecule has 0 aliphatic heterocycles. The van der Waals surface area contributed by atoms with Crippen LogP contribution in [0.3, 0.4) is 0 Å². The number of benzene rings is 10. The number of fused-ring (bicyclic) bond motifs is 9. The lowest BCUT2D eigenvalue weighted by Gasteiger charge is -2.30. The van der Waals surface area contributed by atoms with E-state index in [4.69, 9.17) is 0 Å². The topological polar surface area (TPSA) is 6.48 Å². The highest BCUT2D eigenvalue weighted by atomic mass is 15.1. The van der Waals surface area contributed by atoms with Crippen LogP contribution in [0, 0.1) is 27.7 Å². The first-order valence-corrected chi connectivity index (χ1v) is 29.2. The summed E-state index contributed by atoms with van der Waals surface area (Å²) in [6.07, 6.45) is 11.4. The quantitative estimate of drug-likeness (QED) is 0.113. The highest BCUT2D eigenvalue weighted by Gasteiger charge is 2.41. The Labute approximate surface area is 481 Å². The van der Waals surface area contributed by atoms with Gasteiger partial charge in [0.2, 0.25) is 0 Å². The highest BCUT2D eigenvalue weighted by molar-refractivity contribution is 5.90. The van der Waals surface area contributed by atoms with Crippen molar-refractivity contribution < 1.29 is 0 Å². The van der Waals surface area contributed by atoms with E-state index < -0.39 is 0 Å². The maximum absolute atomic E-state index is 2.48. The molecule has 3 aliphatic carbocycles. The van der Waals surface area contributed by atoms with E-state index in [1.807, 2.05) is 0 Å². The lowest BCUT2D eigenvalue weighted by Crippen LogP contribution is -2.23. The molecule has 0 atom stereocenters. The molecule has 0 unspecified atom stereocenters. The zero-order valence-electron chi connectivity index (χ0n) is 48.7. The summed E-state index contributed by atoms with van der Waals surface area (Å²) in [5.41, 5.74) is 32.9. The average Bonchev–Trinajstić information content (AvgIpc) is 3.99. The molecule has 2 nitrogen and oxygen atoms in total. The summed E-state index contributed by atoms with van der Waals surface area (Å²) in [5.74, 6) is 0. The highest BCUT2D eigenvalue weighted by Crippen LogP contribution is 2.55. The molecule has 398 valence electrons. The molecule has 0 aromatic heterocycles. The van der Waals surface area contributed by atoms with E-state index in [9.17, 15) is 0 Å². The van der Waals surface area contributed by atoms with Gasteiger partial charge in [-0.2, -0.15) is 0 Å². The van der Waals surface area contributed by atoms with Crippen molar-refractivity contribution in [3.05, 3.63) is 284 Å². The molecule has 2 heteroatoms. The minimum atomic E-state index is -0.171. The van der Waals surface area contributed by atoms with Crippen LogP contribution in [0.25, 0.3) is 57.7 Å². The van der Waals surface area contributed by atoms with Crippen molar-refractivity contribution in [2.24, 2.45) is 0 Å². The summed E-state index contributed by atoms with van der Waals surface area (Å²) in [6.45, 7) is 22.9. The third-order valence-electron chi connectivity index (χ3n) is 18.6. The number of anilines is 6. The van der Waals surface area contributed by atoms with Crippen molar-refractivity contribution in [2.75, 3.05) is 9.80 Å². The molecule has 0 radical (unpaired) electrons. The van der Waals surface area contributed by atoms with Crippen LogP contribution in [0.15, 0.2) is 206 Å².